The molecule has 6 aromatic rings. The summed E-state index contributed by atoms with van der Waals surface area (Å²) in [5.74, 6) is 0. The summed E-state index contributed by atoms with van der Waals surface area (Å²) in [6.45, 7) is 24.6. The molecule has 0 saturated heterocycles. The van der Waals surface area contributed by atoms with Gasteiger partial charge in [-0.3, -0.25) is 0 Å². The maximum Gasteiger partial charge on any atom is -1.00 e. The number of rotatable bonds is 8. The molecule has 0 heterocycles. The summed E-state index contributed by atoms with van der Waals surface area (Å²) in [7, 11) is 0. The van der Waals surface area contributed by atoms with Crippen LogP contribution in [0.1, 0.15) is 103 Å². The summed E-state index contributed by atoms with van der Waals surface area (Å²) in [6, 6.07) is 53.2. The molecule has 8 rings (SSSR count). The first kappa shape index (κ1) is 45.7. The molecule has 0 bridgehead atoms. The van der Waals surface area contributed by atoms with Gasteiger partial charge in [0.15, 0.2) is 0 Å². The van der Waals surface area contributed by atoms with Gasteiger partial charge in [0.1, 0.15) is 0 Å². The van der Waals surface area contributed by atoms with Gasteiger partial charge < -0.3 is 24.8 Å². The molecular weight excluding hydrogens is 847 g/mol. The van der Waals surface area contributed by atoms with E-state index in [0.29, 0.717) is 3.63 Å². The largest absolute Gasteiger partial charge is 1.00 e. The predicted octanol–water partition coefficient (Wildman–Crippen LogP) is 8.48. The van der Waals surface area contributed by atoms with Crippen molar-refractivity contribution in [1.29, 1.82) is 0 Å². The van der Waals surface area contributed by atoms with Gasteiger partial charge in [0.05, 0.1) is 0 Å². The fraction of sp³-hybridized carbons (Fsp3) is 0.281. The Bertz CT molecular complexity index is 2500. The Kier molecular flexibility index (Phi) is 13.3. The standard InChI is InChI=1S/C33H33.C19H22.C5H5.2ClH.Zr/c1-32(2,3)30-20-26-24(18-28(30)22-13-9-7-10-14-22)17-25-19-29(23-15-11-8-12-16-23)31(21-27(25)26)33(4,5)6;1-18(2,16-11-7-5-8-12-16)15-19(3,4)17-13-9-6-10-14-17;1-2-4-5-3-1;;;/h7-16,18,20-21H,17H2,1-6H3;5-14H,1-4H3;1-5H;2*1H;/q;;;;;+2/p-2. The molecule has 2 aliphatic carbocycles. The zero-order valence-corrected chi connectivity index (χ0v) is 41.1. The molecule has 0 saturated carbocycles. The Morgan fingerprint density at radius 1 is 0.483 bits per heavy atom. The van der Waals surface area contributed by atoms with Gasteiger partial charge in [-0.25, -0.2) is 0 Å². The molecule has 2 aliphatic rings. The number of hydrogen-bond acceptors (Lipinski definition) is 0. The van der Waals surface area contributed by atoms with E-state index in [9.17, 15) is 0 Å². The molecule has 0 aliphatic heterocycles. The van der Waals surface area contributed by atoms with Crippen molar-refractivity contribution >= 4 is 6.48 Å². The van der Waals surface area contributed by atoms with Crippen molar-refractivity contribution in [3.8, 4) is 33.4 Å². The number of hydrogen-bond donors (Lipinski definition) is 0. The van der Waals surface area contributed by atoms with E-state index in [0.717, 1.165) is 6.42 Å². The minimum atomic E-state index is -3.16. The Balaban J connectivity index is 0.00000302. The number of allylic oxidation sites excluding steroid dienone is 4. The Labute approximate surface area is 381 Å². The minimum Gasteiger partial charge on any atom is -1.00 e. The third-order valence-electron chi connectivity index (χ3n) is 13.0. The molecule has 0 unspecified atom stereocenters. The molecule has 0 fully saturated rings. The fourth-order valence-corrected chi connectivity index (χ4v) is 20.6. The molecule has 0 amide bonds. The normalized spacial score (nSPS) is 13.5. The van der Waals surface area contributed by atoms with Crippen LogP contribution < -0.4 is 28.1 Å². The molecule has 0 aromatic heterocycles. The van der Waals surface area contributed by atoms with E-state index in [1.54, 1.807) is 12.0 Å². The summed E-state index contributed by atoms with van der Waals surface area (Å²) >= 11 is -3.16. The van der Waals surface area contributed by atoms with Crippen molar-refractivity contribution in [2.45, 2.75) is 101 Å². The number of fused-ring (bicyclic) bond motifs is 3. The van der Waals surface area contributed by atoms with E-state index in [-0.39, 0.29) is 46.5 Å². The molecular formula is C57H60Cl2Zr. The Hall–Kier alpha value is -3.87. The molecule has 0 atom stereocenters. The summed E-state index contributed by atoms with van der Waals surface area (Å²) in [5, 5.41) is 0. The first-order chi connectivity index (χ1) is 27.6. The zero-order chi connectivity index (χ0) is 41.0. The molecule has 60 heavy (non-hydrogen) atoms. The van der Waals surface area contributed by atoms with Gasteiger partial charge in [-0.05, 0) is 0 Å². The van der Waals surface area contributed by atoms with Crippen LogP contribution in [-0.4, -0.2) is 3.21 Å². The Morgan fingerprint density at radius 2 is 0.917 bits per heavy atom. The van der Waals surface area contributed by atoms with Gasteiger partial charge in [-0.1, -0.05) is 0 Å². The maximum atomic E-state index is 2.63. The average Bonchev–Trinajstić information content (AvgIpc) is 3.88. The van der Waals surface area contributed by atoms with Gasteiger partial charge in [0, 0.05) is 0 Å². The smallest absolute Gasteiger partial charge is 1.00 e. The maximum absolute atomic E-state index is 3.16. The van der Waals surface area contributed by atoms with Crippen molar-refractivity contribution in [3.63, 3.8) is 0 Å². The van der Waals surface area contributed by atoms with Crippen LogP contribution in [-0.2, 0) is 49.3 Å². The van der Waals surface area contributed by atoms with Crippen molar-refractivity contribution in [1.82, 2.24) is 0 Å². The summed E-state index contributed by atoms with van der Waals surface area (Å²) in [6.07, 6.45) is 10.7. The first-order valence-corrected chi connectivity index (χ1v) is 25.2. The van der Waals surface area contributed by atoms with E-state index in [1.807, 2.05) is 0 Å². The second kappa shape index (κ2) is 17.5. The second-order valence-corrected chi connectivity index (χ2v) is 25.9. The Morgan fingerprint density at radius 3 is 1.38 bits per heavy atom. The van der Waals surface area contributed by atoms with Crippen molar-refractivity contribution in [3.05, 3.63) is 197 Å². The quantitative estimate of drug-likeness (QED) is 0.144. The van der Waals surface area contributed by atoms with E-state index in [4.69, 9.17) is 0 Å². The van der Waals surface area contributed by atoms with Crippen LogP contribution in [0.5, 0.6) is 0 Å². The molecule has 306 valence electrons. The molecule has 6 aromatic carbocycles. The monoisotopic (exact) mass is 904 g/mol. The van der Waals surface area contributed by atoms with E-state index in [2.05, 4.69) is 233 Å². The van der Waals surface area contributed by atoms with Crippen LogP contribution in [0, 0.1) is 0 Å². The second-order valence-electron chi connectivity index (χ2n) is 19.7. The molecule has 0 N–H and O–H groups in total. The van der Waals surface area contributed by atoms with E-state index in [1.165, 1.54) is 61.2 Å². The SMILES string of the molecule is CC(C)(C)c1cc2c(cc1-c1ccccc1)Cc1c-2cc(C(C)(C)C)c(-c2ccccc2)[c]1[Zr+2](=[C](C(C)(C)c1ccccc1)C(C)(C)c1ccccc1)[CH]1C=CC=C1.[Cl-].[Cl-]. The third-order valence-corrected chi connectivity index (χ3v) is 22.6. The number of benzene rings is 6. The topological polar surface area (TPSA) is 0 Å². The molecule has 3 heteroatoms. The third kappa shape index (κ3) is 8.37. The van der Waals surface area contributed by atoms with Crippen LogP contribution in [0.3, 0.4) is 0 Å². The van der Waals surface area contributed by atoms with Crippen molar-refractivity contribution in [2.24, 2.45) is 0 Å². The zero-order valence-electron chi connectivity index (χ0n) is 37.1. The summed E-state index contributed by atoms with van der Waals surface area (Å²) in [5.41, 5.74) is 16.6. The summed E-state index contributed by atoms with van der Waals surface area (Å²) in [4.78, 5) is 0. The molecule has 0 nitrogen and oxygen atoms in total. The number of halogens is 2. The fourth-order valence-electron chi connectivity index (χ4n) is 10.2. The van der Waals surface area contributed by atoms with Gasteiger partial charge in [0.25, 0.3) is 0 Å². The van der Waals surface area contributed by atoms with Crippen LogP contribution in [0.4, 0.5) is 0 Å². The van der Waals surface area contributed by atoms with Crippen LogP contribution in [0.2, 0.25) is 3.63 Å². The van der Waals surface area contributed by atoms with Gasteiger partial charge in [-0.2, -0.15) is 0 Å². The van der Waals surface area contributed by atoms with Gasteiger partial charge >= 0.3 is 359 Å². The molecule has 0 spiro atoms. The van der Waals surface area contributed by atoms with Crippen molar-refractivity contribution < 1.29 is 46.1 Å². The average molecular weight is 907 g/mol. The first-order valence-electron chi connectivity index (χ1n) is 21.3. The van der Waals surface area contributed by atoms with E-state index < -0.39 is 21.3 Å². The van der Waals surface area contributed by atoms with Crippen LogP contribution >= 0.6 is 0 Å². The van der Waals surface area contributed by atoms with Crippen molar-refractivity contribution in [2.75, 3.05) is 0 Å². The minimum absolute atomic E-state index is 0. The van der Waals surface area contributed by atoms with Gasteiger partial charge in [0.2, 0.25) is 0 Å². The van der Waals surface area contributed by atoms with Crippen LogP contribution in [0.25, 0.3) is 33.4 Å². The molecule has 0 radical (unpaired) electrons. The van der Waals surface area contributed by atoms with Crippen LogP contribution in [0.15, 0.2) is 164 Å². The van der Waals surface area contributed by atoms with Gasteiger partial charge in [-0.15, -0.1) is 0 Å². The van der Waals surface area contributed by atoms with E-state index >= 15 is 0 Å². The predicted molar refractivity (Wildman–Crippen MR) is 249 cm³/mol. The summed E-state index contributed by atoms with van der Waals surface area (Å²) < 4.78 is 3.80.